The average molecular weight is 214 g/mol. The Morgan fingerprint density at radius 3 is 1.07 bits per heavy atom. The van der Waals surface area contributed by atoms with Crippen LogP contribution in [-0.4, -0.2) is 12.2 Å². The molecule has 0 N–H and O–H groups in total. The normalized spacial score (nSPS) is 11.6. The molecule has 0 atom stereocenters. The van der Waals surface area contributed by atoms with E-state index in [0.717, 1.165) is 0 Å². The van der Waals surface area contributed by atoms with Gasteiger partial charge >= 0.3 is 0 Å². The summed E-state index contributed by atoms with van der Waals surface area (Å²) < 4.78 is 6.21. The van der Waals surface area contributed by atoms with E-state index < -0.39 is 0 Å². The molecule has 0 aromatic rings. The molecule has 15 heavy (non-hydrogen) atoms. The first-order valence-electron chi connectivity index (χ1n) is 6.93. The van der Waals surface area contributed by atoms with Crippen LogP contribution >= 0.6 is 0 Å². The van der Waals surface area contributed by atoms with Crippen molar-refractivity contribution in [3.63, 3.8) is 0 Å². The summed E-state index contributed by atoms with van der Waals surface area (Å²) in [6, 6.07) is 0. The molecule has 0 bridgehead atoms. The van der Waals surface area contributed by atoms with Crippen LogP contribution < -0.4 is 0 Å². The first-order valence-corrected chi connectivity index (χ1v) is 6.93. The summed E-state index contributed by atoms with van der Waals surface area (Å²) in [5.74, 6) is 0. The van der Waals surface area contributed by atoms with Gasteiger partial charge in [0.2, 0.25) is 0 Å². The maximum atomic E-state index is 6.21. The summed E-state index contributed by atoms with van der Waals surface area (Å²) in [6.45, 7) is 9.00. The molecule has 0 rings (SSSR count). The van der Waals surface area contributed by atoms with Gasteiger partial charge in [-0.3, -0.25) is 0 Å². The Kier molecular flexibility index (Phi) is 10.4. The lowest BCUT2D eigenvalue weighted by Crippen LogP contribution is -2.22. The van der Waals surface area contributed by atoms with Gasteiger partial charge in [0.25, 0.3) is 0 Å². The van der Waals surface area contributed by atoms with Crippen LogP contribution in [0.5, 0.6) is 0 Å². The van der Waals surface area contributed by atoms with E-state index in [-0.39, 0.29) is 0 Å². The maximum Gasteiger partial charge on any atom is 0.0578 e. The highest BCUT2D eigenvalue weighted by atomic mass is 16.5. The minimum absolute atomic E-state index is 0.517. The largest absolute Gasteiger partial charge is 0.375 e. The Labute approximate surface area is 96.6 Å². The van der Waals surface area contributed by atoms with Crippen LogP contribution in [-0.2, 0) is 4.74 Å². The van der Waals surface area contributed by atoms with Gasteiger partial charge in [0.05, 0.1) is 12.2 Å². The Bertz CT molecular complexity index is 96.5. The smallest absolute Gasteiger partial charge is 0.0578 e. The third kappa shape index (κ3) is 7.84. The molecule has 92 valence electrons. The summed E-state index contributed by atoms with van der Waals surface area (Å²) in [4.78, 5) is 0. The van der Waals surface area contributed by atoms with E-state index in [4.69, 9.17) is 4.74 Å². The fraction of sp³-hybridized carbons (Fsp3) is 1.00. The van der Waals surface area contributed by atoms with Crippen LogP contribution in [0.2, 0.25) is 0 Å². The van der Waals surface area contributed by atoms with Crippen LogP contribution in [0.15, 0.2) is 0 Å². The zero-order valence-electron chi connectivity index (χ0n) is 11.2. The molecule has 0 heterocycles. The number of ether oxygens (including phenoxy) is 1. The van der Waals surface area contributed by atoms with E-state index in [1.165, 1.54) is 51.4 Å². The molecular formula is C14H30O. The van der Waals surface area contributed by atoms with Crippen molar-refractivity contribution in [3.05, 3.63) is 0 Å². The van der Waals surface area contributed by atoms with Gasteiger partial charge < -0.3 is 4.74 Å². The minimum Gasteiger partial charge on any atom is -0.375 e. The summed E-state index contributed by atoms with van der Waals surface area (Å²) in [5, 5.41) is 0. The average Bonchev–Trinajstić information content (AvgIpc) is 2.19. The highest BCUT2D eigenvalue weighted by Gasteiger charge is 2.14. The SMILES string of the molecule is CCCC(CCC)OC(CCC)CCC. The van der Waals surface area contributed by atoms with Gasteiger partial charge in [0.15, 0.2) is 0 Å². The molecule has 0 aliphatic rings. The summed E-state index contributed by atoms with van der Waals surface area (Å²) in [6.07, 6.45) is 11.0. The van der Waals surface area contributed by atoms with Crippen molar-refractivity contribution in [2.75, 3.05) is 0 Å². The predicted molar refractivity (Wildman–Crippen MR) is 68.3 cm³/mol. The summed E-state index contributed by atoms with van der Waals surface area (Å²) in [7, 11) is 0. The Hall–Kier alpha value is -0.0400. The van der Waals surface area contributed by atoms with Crippen molar-refractivity contribution in [2.24, 2.45) is 0 Å². The first kappa shape index (κ1) is 15.0. The highest BCUT2D eigenvalue weighted by molar-refractivity contribution is 4.63. The third-order valence-corrected chi connectivity index (χ3v) is 2.83. The van der Waals surface area contributed by atoms with Crippen LogP contribution in [0.1, 0.15) is 79.1 Å². The zero-order chi connectivity index (χ0) is 11.5. The molecule has 1 nitrogen and oxygen atoms in total. The molecule has 0 unspecified atom stereocenters. The molecule has 0 aromatic carbocycles. The second kappa shape index (κ2) is 10.5. The van der Waals surface area contributed by atoms with Crippen molar-refractivity contribution < 1.29 is 4.74 Å². The van der Waals surface area contributed by atoms with Gasteiger partial charge in [0, 0.05) is 0 Å². The van der Waals surface area contributed by atoms with Crippen molar-refractivity contribution in [1.82, 2.24) is 0 Å². The second-order valence-electron chi connectivity index (χ2n) is 4.53. The molecule has 0 amide bonds. The van der Waals surface area contributed by atoms with Crippen LogP contribution in [0.4, 0.5) is 0 Å². The van der Waals surface area contributed by atoms with Gasteiger partial charge in [0.1, 0.15) is 0 Å². The van der Waals surface area contributed by atoms with E-state index in [1.54, 1.807) is 0 Å². The Balaban J connectivity index is 3.93. The monoisotopic (exact) mass is 214 g/mol. The van der Waals surface area contributed by atoms with Crippen molar-refractivity contribution in [2.45, 2.75) is 91.3 Å². The molecule has 0 aromatic heterocycles. The lowest BCUT2D eigenvalue weighted by molar-refractivity contribution is -0.0292. The molecule has 0 spiro atoms. The van der Waals surface area contributed by atoms with E-state index in [0.29, 0.717) is 12.2 Å². The van der Waals surface area contributed by atoms with Gasteiger partial charge in [-0.25, -0.2) is 0 Å². The molecule has 1 heteroatoms. The van der Waals surface area contributed by atoms with Crippen LogP contribution in [0.25, 0.3) is 0 Å². The summed E-state index contributed by atoms with van der Waals surface area (Å²) >= 11 is 0. The van der Waals surface area contributed by atoms with Crippen molar-refractivity contribution in [1.29, 1.82) is 0 Å². The number of hydrogen-bond acceptors (Lipinski definition) is 1. The highest BCUT2D eigenvalue weighted by Crippen LogP contribution is 2.17. The zero-order valence-corrected chi connectivity index (χ0v) is 11.2. The van der Waals surface area contributed by atoms with E-state index >= 15 is 0 Å². The molecule has 0 saturated heterocycles. The molecule has 0 aliphatic carbocycles. The predicted octanol–water partition coefficient (Wildman–Crippen LogP) is 4.94. The van der Waals surface area contributed by atoms with E-state index in [9.17, 15) is 0 Å². The van der Waals surface area contributed by atoms with E-state index in [2.05, 4.69) is 27.7 Å². The maximum absolute atomic E-state index is 6.21. The van der Waals surface area contributed by atoms with Crippen molar-refractivity contribution in [3.8, 4) is 0 Å². The van der Waals surface area contributed by atoms with Gasteiger partial charge in [-0.1, -0.05) is 53.4 Å². The molecule has 0 aliphatic heterocycles. The van der Waals surface area contributed by atoms with Gasteiger partial charge in [-0.15, -0.1) is 0 Å². The topological polar surface area (TPSA) is 9.23 Å². The quantitative estimate of drug-likeness (QED) is 0.500. The third-order valence-electron chi connectivity index (χ3n) is 2.83. The van der Waals surface area contributed by atoms with Crippen LogP contribution in [0.3, 0.4) is 0 Å². The summed E-state index contributed by atoms with van der Waals surface area (Å²) in [5.41, 5.74) is 0. The fourth-order valence-electron chi connectivity index (χ4n) is 2.12. The number of rotatable bonds is 10. The fourth-order valence-corrected chi connectivity index (χ4v) is 2.12. The van der Waals surface area contributed by atoms with Crippen LogP contribution in [0, 0.1) is 0 Å². The minimum atomic E-state index is 0.517. The lowest BCUT2D eigenvalue weighted by atomic mass is 10.1. The Morgan fingerprint density at radius 1 is 0.600 bits per heavy atom. The number of hydrogen-bond donors (Lipinski definition) is 0. The molecule has 0 fully saturated rings. The van der Waals surface area contributed by atoms with Gasteiger partial charge in [-0.2, -0.15) is 0 Å². The standard InChI is InChI=1S/C14H30O/c1-5-9-13(10-6-2)15-14(11-7-3)12-8-4/h13-14H,5-12H2,1-4H3. The second-order valence-corrected chi connectivity index (χ2v) is 4.53. The van der Waals surface area contributed by atoms with Gasteiger partial charge in [-0.05, 0) is 25.7 Å². The first-order chi connectivity index (χ1) is 7.28. The Morgan fingerprint density at radius 2 is 0.867 bits per heavy atom. The van der Waals surface area contributed by atoms with E-state index in [1.807, 2.05) is 0 Å². The molecule has 0 saturated carbocycles. The lowest BCUT2D eigenvalue weighted by Gasteiger charge is -2.24. The molecule has 0 radical (unpaired) electrons. The molecular weight excluding hydrogens is 184 g/mol. The van der Waals surface area contributed by atoms with Crippen molar-refractivity contribution >= 4 is 0 Å².